The molecule has 1 saturated carbocycles. The van der Waals surface area contributed by atoms with Crippen LogP contribution in [-0.4, -0.2) is 46.8 Å². The molecule has 0 radical (unpaired) electrons. The van der Waals surface area contributed by atoms with Gasteiger partial charge in [0.15, 0.2) is 6.10 Å². The number of nitrogens with zero attached hydrogens (tertiary/aromatic N) is 1. The molecular formula is C21H23F2NO2. The van der Waals surface area contributed by atoms with Gasteiger partial charge in [0.25, 0.3) is 0 Å². The number of rotatable bonds is 2. The number of benzene rings is 1. The maximum atomic E-state index is 14.9. The van der Waals surface area contributed by atoms with Gasteiger partial charge in [-0.25, -0.2) is 0 Å². The Morgan fingerprint density at radius 2 is 2.08 bits per heavy atom. The number of hydrogen-bond donors (Lipinski definition) is 1. The molecule has 138 valence electrons. The van der Waals surface area contributed by atoms with Gasteiger partial charge in [-0.05, 0) is 68.3 Å². The molecule has 26 heavy (non-hydrogen) atoms. The van der Waals surface area contributed by atoms with Gasteiger partial charge in [0.1, 0.15) is 11.4 Å². The predicted octanol–water partition coefficient (Wildman–Crippen LogP) is 2.97. The van der Waals surface area contributed by atoms with E-state index >= 15 is 0 Å². The Labute approximate surface area is 151 Å². The van der Waals surface area contributed by atoms with Crippen molar-refractivity contribution in [2.24, 2.45) is 5.92 Å². The van der Waals surface area contributed by atoms with Crippen LogP contribution in [0.3, 0.4) is 0 Å². The highest BCUT2D eigenvalue weighted by molar-refractivity contribution is 5.62. The molecule has 3 nitrogen and oxygen atoms in total. The summed E-state index contributed by atoms with van der Waals surface area (Å²) >= 11 is 0. The maximum Gasteiger partial charge on any atom is 0.303 e. The molecule has 1 aromatic carbocycles. The van der Waals surface area contributed by atoms with Crippen molar-refractivity contribution >= 4 is 0 Å². The lowest BCUT2D eigenvalue weighted by atomic mass is 9.50. The number of alkyl halides is 2. The van der Waals surface area contributed by atoms with Gasteiger partial charge in [-0.1, -0.05) is 12.1 Å². The first-order chi connectivity index (χ1) is 12.4. The van der Waals surface area contributed by atoms with Gasteiger partial charge in [0.05, 0.1) is 5.41 Å². The molecule has 6 rings (SSSR count). The van der Waals surface area contributed by atoms with Crippen molar-refractivity contribution in [2.45, 2.75) is 61.7 Å². The summed E-state index contributed by atoms with van der Waals surface area (Å²) in [6.07, 6.45) is 4.69. The van der Waals surface area contributed by atoms with Gasteiger partial charge < -0.3 is 9.84 Å². The van der Waals surface area contributed by atoms with Crippen LogP contribution in [0.2, 0.25) is 0 Å². The lowest BCUT2D eigenvalue weighted by Gasteiger charge is -2.62. The van der Waals surface area contributed by atoms with Gasteiger partial charge in [0, 0.05) is 18.2 Å². The molecule has 1 spiro atoms. The fourth-order valence-electron chi connectivity index (χ4n) is 6.14. The molecule has 1 aromatic rings. The summed E-state index contributed by atoms with van der Waals surface area (Å²) in [6, 6.07) is 3.88. The van der Waals surface area contributed by atoms with Crippen molar-refractivity contribution in [1.82, 2.24) is 4.90 Å². The largest absolute Gasteiger partial charge is 0.482 e. The topological polar surface area (TPSA) is 32.7 Å². The van der Waals surface area contributed by atoms with E-state index in [1.807, 2.05) is 13.0 Å². The standard InChI is InChI=1S/C21H23F2NO2/c1-12-2-5-14-10-15-20(25)6-7-21(22,23)18-19(20,16(14)17(12)26-18)8-9-24(15)11-13-3-4-13/h2,5-7,13,15,18,25H,3-4,8-11H2,1H3/t15-,18-,19+,20-/m0/s1. The van der Waals surface area contributed by atoms with Crippen molar-refractivity contribution in [3.63, 3.8) is 0 Å². The summed E-state index contributed by atoms with van der Waals surface area (Å²) in [6.45, 7) is 3.62. The minimum Gasteiger partial charge on any atom is -0.482 e. The number of ether oxygens (including phenoxy) is 1. The zero-order valence-electron chi connectivity index (χ0n) is 14.8. The van der Waals surface area contributed by atoms with E-state index in [2.05, 4.69) is 11.0 Å². The molecule has 5 aliphatic rings. The van der Waals surface area contributed by atoms with Crippen molar-refractivity contribution in [3.8, 4) is 5.75 Å². The van der Waals surface area contributed by atoms with Crippen LogP contribution in [0.5, 0.6) is 5.75 Å². The Morgan fingerprint density at radius 1 is 1.27 bits per heavy atom. The number of likely N-dealkylation sites (tertiary alicyclic amines) is 1. The average Bonchev–Trinajstić information content (AvgIpc) is 3.32. The third kappa shape index (κ3) is 1.61. The van der Waals surface area contributed by atoms with Gasteiger partial charge >= 0.3 is 5.92 Å². The maximum absolute atomic E-state index is 14.9. The fourth-order valence-corrected chi connectivity index (χ4v) is 6.14. The second-order valence-electron chi connectivity index (χ2n) is 8.96. The second-order valence-corrected chi connectivity index (χ2v) is 8.96. The van der Waals surface area contributed by atoms with Crippen LogP contribution in [0.25, 0.3) is 0 Å². The zero-order chi connectivity index (χ0) is 17.9. The van der Waals surface area contributed by atoms with E-state index in [1.165, 1.54) is 18.9 Å². The Morgan fingerprint density at radius 3 is 2.85 bits per heavy atom. The van der Waals surface area contributed by atoms with E-state index in [9.17, 15) is 13.9 Å². The van der Waals surface area contributed by atoms with E-state index < -0.39 is 23.0 Å². The van der Waals surface area contributed by atoms with Gasteiger partial charge in [-0.3, -0.25) is 4.90 Å². The average molecular weight is 359 g/mol. The molecule has 0 amide bonds. The number of aryl methyl sites for hydroxylation is 1. The number of piperidine rings is 1. The van der Waals surface area contributed by atoms with Crippen molar-refractivity contribution in [3.05, 3.63) is 41.0 Å². The molecule has 0 aromatic heterocycles. The van der Waals surface area contributed by atoms with Gasteiger partial charge in [-0.15, -0.1) is 0 Å². The van der Waals surface area contributed by atoms with E-state index in [4.69, 9.17) is 4.74 Å². The first-order valence-electron chi connectivity index (χ1n) is 9.71. The Bertz CT molecular complexity index is 849. The predicted molar refractivity (Wildman–Crippen MR) is 92.7 cm³/mol. The van der Waals surface area contributed by atoms with Gasteiger partial charge in [0.2, 0.25) is 0 Å². The number of halogens is 2. The first kappa shape index (κ1) is 15.6. The molecule has 3 aliphatic carbocycles. The minimum absolute atomic E-state index is 0.156. The van der Waals surface area contributed by atoms with Gasteiger partial charge in [-0.2, -0.15) is 8.78 Å². The van der Waals surface area contributed by atoms with Crippen molar-refractivity contribution < 1.29 is 18.6 Å². The highest BCUT2D eigenvalue weighted by Gasteiger charge is 2.75. The summed E-state index contributed by atoms with van der Waals surface area (Å²) in [7, 11) is 0. The van der Waals surface area contributed by atoms with Crippen LogP contribution >= 0.6 is 0 Å². The Kier molecular flexibility index (Phi) is 2.70. The van der Waals surface area contributed by atoms with Crippen LogP contribution in [0.1, 0.15) is 36.0 Å². The third-order valence-corrected chi connectivity index (χ3v) is 7.54. The molecular weight excluding hydrogens is 336 g/mol. The summed E-state index contributed by atoms with van der Waals surface area (Å²) in [4.78, 5) is 2.36. The van der Waals surface area contributed by atoms with Crippen LogP contribution in [0.15, 0.2) is 24.3 Å². The highest BCUT2D eigenvalue weighted by atomic mass is 19.3. The lowest BCUT2D eigenvalue weighted by molar-refractivity contribution is -0.188. The normalized spacial score (nSPS) is 41.7. The van der Waals surface area contributed by atoms with E-state index in [0.717, 1.165) is 35.9 Å². The zero-order valence-corrected chi connectivity index (χ0v) is 14.8. The van der Waals surface area contributed by atoms with Crippen LogP contribution in [-0.2, 0) is 11.8 Å². The monoisotopic (exact) mass is 359 g/mol. The summed E-state index contributed by atoms with van der Waals surface area (Å²) in [5.74, 6) is -1.79. The quantitative estimate of drug-likeness (QED) is 0.824. The summed E-state index contributed by atoms with van der Waals surface area (Å²) in [5.41, 5.74) is 0.485. The Hall–Kier alpha value is -1.46. The summed E-state index contributed by atoms with van der Waals surface area (Å²) < 4.78 is 35.8. The lowest BCUT2D eigenvalue weighted by Crippen LogP contribution is -2.76. The highest BCUT2D eigenvalue weighted by Crippen LogP contribution is 2.65. The fraction of sp³-hybridized carbons (Fsp3) is 0.619. The van der Waals surface area contributed by atoms with Crippen LogP contribution in [0.4, 0.5) is 8.78 Å². The number of aliphatic hydroxyl groups is 1. The molecule has 1 saturated heterocycles. The molecule has 4 atom stereocenters. The third-order valence-electron chi connectivity index (χ3n) is 7.54. The molecule has 0 unspecified atom stereocenters. The van der Waals surface area contributed by atoms with Crippen molar-refractivity contribution in [1.29, 1.82) is 0 Å². The van der Waals surface area contributed by atoms with E-state index in [-0.39, 0.29) is 6.04 Å². The molecule has 2 aliphatic heterocycles. The number of hydrogen-bond acceptors (Lipinski definition) is 3. The molecule has 2 bridgehead atoms. The molecule has 5 heteroatoms. The van der Waals surface area contributed by atoms with Crippen LogP contribution in [0, 0.1) is 12.8 Å². The van der Waals surface area contributed by atoms with E-state index in [1.54, 1.807) is 0 Å². The summed E-state index contributed by atoms with van der Waals surface area (Å²) in [5, 5.41) is 11.9. The molecule has 1 N–H and O–H groups in total. The minimum atomic E-state index is -3.07. The smallest absolute Gasteiger partial charge is 0.303 e. The molecule has 2 heterocycles. The first-order valence-corrected chi connectivity index (χ1v) is 9.71. The molecule has 2 fully saturated rings. The van der Waals surface area contributed by atoms with E-state index in [0.29, 0.717) is 24.5 Å². The van der Waals surface area contributed by atoms with Crippen molar-refractivity contribution in [2.75, 3.05) is 13.1 Å². The second kappa shape index (κ2) is 4.50. The Balaban J connectivity index is 1.61. The SMILES string of the molecule is Cc1ccc2c3c1O[C@@H]1C(F)(F)C=C[C@]4(O)[C@H](C2)N(CC2CC2)CC[C@@]314. The van der Waals surface area contributed by atoms with Crippen LogP contribution < -0.4 is 4.74 Å².